The maximum Gasteiger partial charge on any atom is 0.514 e. The zero-order valence-corrected chi connectivity index (χ0v) is 16.5. The molecule has 0 unspecified atom stereocenters. The monoisotopic (exact) mass is 391 g/mol. The molecule has 138 valence electrons. The first-order valence-corrected chi connectivity index (χ1v) is 10.7. The summed E-state index contributed by atoms with van der Waals surface area (Å²) < 4.78 is 10.7. The van der Waals surface area contributed by atoms with Crippen LogP contribution in [0.4, 0.5) is 0 Å². The Kier molecular flexibility index (Phi) is 3.62. The quantitative estimate of drug-likeness (QED) is 0.408. The summed E-state index contributed by atoms with van der Waals surface area (Å²) >= 11 is 1.83. The first-order chi connectivity index (χ1) is 14.4. The summed E-state index contributed by atoms with van der Waals surface area (Å²) in [6.45, 7) is -1.68. The highest BCUT2D eigenvalue weighted by Gasteiger charge is 2.51. The summed E-state index contributed by atoms with van der Waals surface area (Å²) in [6, 6.07) is 38.3. The molecule has 0 amide bonds. The van der Waals surface area contributed by atoms with Crippen molar-refractivity contribution in [1.82, 2.24) is 0 Å². The molecule has 29 heavy (non-hydrogen) atoms. The van der Waals surface area contributed by atoms with E-state index in [-0.39, 0.29) is 0 Å². The predicted molar refractivity (Wildman–Crippen MR) is 121 cm³/mol. The van der Waals surface area contributed by atoms with Gasteiger partial charge in [0.1, 0.15) is 0 Å². The minimum absolute atomic E-state index is 0.937. The zero-order chi connectivity index (χ0) is 19.3. The normalized spacial score (nSPS) is 14.1. The highest BCUT2D eigenvalue weighted by Crippen LogP contribution is 2.39. The summed E-state index contributed by atoms with van der Waals surface area (Å²) in [7, 11) is 0. The predicted octanol–water partition coefficient (Wildman–Crippen LogP) is 4.35. The molecule has 2 heterocycles. The largest absolute Gasteiger partial charge is 0.651 e. The van der Waals surface area contributed by atoms with Crippen LogP contribution in [0.1, 0.15) is 0 Å². The lowest BCUT2D eigenvalue weighted by molar-refractivity contribution is -0.508. The standard InChI is InChI=1S/C25H18BNOS/c1-3-11-19(12-4-1)26(20-13-5-2-6-14-20)27-22-16-8-10-18-24(22)29-25(27)21-15-7-9-17-23(21)28-26/h1-18H. The molecule has 4 heteroatoms. The van der Waals surface area contributed by atoms with Gasteiger partial charge in [-0.1, -0.05) is 107 Å². The van der Waals surface area contributed by atoms with Gasteiger partial charge in [-0.15, -0.1) is 0 Å². The molecule has 5 aromatic rings. The lowest BCUT2D eigenvalue weighted by atomic mass is 9.40. The molecular weight excluding hydrogens is 373 g/mol. The van der Waals surface area contributed by atoms with Crippen molar-refractivity contribution < 1.29 is 9.13 Å². The Labute approximate surface area is 173 Å². The summed E-state index contributed by atoms with van der Waals surface area (Å²) in [5.41, 5.74) is 4.69. The molecule has 0 spiro atoms. The number of rotatable bonds is 2. The fourth-order valence-electron chi connectivity index (χ4n) is 4.59. The maximum atomic E-state index is 7.02. The van der Waals surface area contributed by atoms with E-state index in [9.17, 15) is 0 Å². The minimum atomic E-state index is -1.68. The summed E-state index contributed by atoms with van der Waals surface area (Å²) in [5, 5.41) is 1.24. The van der Waals surface area contributed by atoms with Crippen LogP contribution in [0.5, 0.6) is 5.75 Å². The van der Waals surface area contributed by atoms with Crippen molar-refractivity contribution in [2.75, 3.05) is 0 Å². The number of hydrogen-bond donors (Lipinski definition) is 0. The minimum Gasteiger partial charge on any atom is -0.651 e. The van der Waals surface area contributed by atoms with Crippen LogP contribution in [0.15, 0.2) is 109 Å². The molecule has 1 aliphatic heterocycles. The molecule has 2 nitrogen and oxygen atoms in total. The Morgan fingerprint density at radius 2 is 1.21 bits per heavy atom. The molecule has 1 aromatic heterocycles. The Morgan fingerprint density at radius 1 is 0.621 bits per heavy atom. The molecule has 0 bridgehead atoms. The molecule has 6 rings (SSSR count). The second-order valence-corrected chi connectivity index (χ2v) is 8.45. The average molecular weight is 391 g/mol. The molecular formula is C25H18BNOS. The van der Waals surface area contributed by atoms with E-state index in [2.05, 4.69) is 114 Å². The molecule has 0 N–H and O–H groups in total. The smallest absolute Gasteiger partial charge is 0.514 e. The van der Waals surface area contributed by atoms with Gasteiger partial charge in [0.15, 0.2) is 5.52 Å². The van der Waals surface area contributed by atoms with Crippen LogP contribution in [0.2, 0.25) is 0 Å². The molecule has 0 saturated heterocycles. The van der Waals surface area contributed by atoms with Crippen molar-refractivity contribution in [3.05, 3.63) is 109 Å². The van der Waals surface area contributed by atoms with Gasteiger partial charge in [-0.3, -0.25) is 0 Å². The number of para-hydroxylation sites is 2. The summed E-state index contributed by atoms with van der Waals surface area (Å²) in [6.07, 6.45) is 0. The number of hydrogen-bond acceptors (Lipinski definition) is 2. The lowest BCUT2D eigenvalue weighted by Crippen LogP contribution is -2.83. The number of benzene rings is 4. The first kappa shape index (κ1) is 16.6. The number of thiazole rings is 1. The van der Waals surface area contributed by atoms with Gasteiger partial charge >= 0.3 is 6.48 Å². The Bertz CT molecular complexity index is 1290. The van der Waals surface area contributed by atoms with E-state index in [1.807, 2.05) is 11.3 Å². The molecule has 0 atom stereocenters. The third-order valence-corrected chi connectivity index (χ3v) is 7.01. The van der Waals surface area contributed by atoms with E-state index in [4.69, 9.17) is 4.65 Å². The van der Waals surface area contributed by atoms with E-state index < -0.39 is 6.48 Å². The third kappa shape index (κ3) is 2.33. The van der Waals surface area contributed by atoms with E-state index in [1.54, 1.807) is 0 Å². The maximum absolute atomic E-state index is 7.02. The summed E-state index contributed by atoms with van der Waals surface area (Å²) in [5.74, 6) is 0.937. The lowest BCUT2D eigenvalue weighted by Gasteiger charge is -2.40. The SMILES string of the molecule is c1ccc([B-]2(c3ccccc3)Oc3ccccc3-c3sc4ccccc4[n+]32)cc1. The van der Waals surface area contributed by atoms with Gasteiger partial charge in [-0.05, 0) is 18.2 Å². The van der Waals surface area contributed by atoms with Gasteiger partial charge in [0.2, 0.25) is 5.01 Å². The van der Waals surface area contributed by atoms with E-state index >= 15 is 0 Å². The molecule has 4 aromatic carbocycles. The van der Waals surface area contributed by atoms with E-state index in [0.29, 0.717) is 0 Å². The number of aromatic nitrogens is 1. The first-order valence-electron chi connectivity index (χ1n) is 9.86. The van der Waals surface area contributed by atoms with Crippen LogP contribution >= 0.6 is 11.3 Å². The Balaban J connectivity index is 1.81. The fraction of sp³-hybridized carbons (Fsp3) is 0. The average Bonchev–Trinajstić information content (AvgIpc) is 3.20. The van der Waals surface area contributed by atoms with Crippen molar-refractivity contribution in [3.8, 4) is 16.3 Å². The van der Waals surface area contributed by atoms with Crippen molar-refractivity contribution in [2.45, 2.75) is 0 Å². The molecule has 1 aliphatic rings. The topological polar surface area (TPSA) is 13.1 Å². The van der Waals surface area contributed by atoms with Crippen molar-refractivity contribution in [3.63, 3.8) is 0 Å². The van der Waals surface area contributed by atoms with Crippen LogP contribution < -0.4 is 20.1 Å². The highest BCUT2D eigenvalue weighted by molar-refractivity contribution is 7.21. The molecule has 0 fully saturated rings. The van der Waals surface area contributed by atoms with E-state index in [1.165, 1.54) is 26.1 Å². The van der Waals surface area contributed by atoms with Crippen LogP contribution in [0.25, 0.3) is 20.8 Å². The van der Waals surface area contributed by atoms with Crippen molar-refractivity contribution in [2.24, 2.45) is 0 Å². The van der Waals surface area contributed by atoms with Gasteiger partial charge < -0.3 is 9.13 Å². The summed E-state index contributed by atoms with van der Waals surface area (Å²) in [4.78, 5) is 0. The Hall–Kier alpha value is -3.37. The second-order valence-electron chi connectivity index (χ2n) is 7.42. The molecule has 0 saturated carbocycles. The van der Waals surface area contributed by atoms with Gasteiger partial charge in [0.25, 0.3) is 0 Å². The van der Waals surface area contributed by atoms with Gasteiger partial charge in [-0.2, -0.15) is 0 Å². The third-order valence-electron chi connectivity index (χ3n) is 5.83. The fourth-order valence-corrected chi connectivity index (χ4v) is 5.84. The second kappa shape index (κ2) is 6.33. The number of fused-ring (bicyclic) bond motifs is 5. The van der Waals surface area contributed by atoms with Gasteiger partial charge in [-0.25, -0.2) is 0 Å². The highest BCUT2D eigenvalue weighted by atomic mass is 32.1. The van der Waals surface area contributed by atoms with Crippen LogP contribution in [0, 0.1) is 0 Å². The Morgan fingerprint density at radius 3 is 1.93 bits per heavy atom. The zero-order valence-electron chi connectivity index (χ0n) is 15.7. The van der Waals surface area contributed by atoms with Crippen molar-refractivity contribution in [1.29, 1.82) is 0 Å². The van der Waals surface area contributed by atoms with Gasteiger partial charge in [0.05, 0.1) is 16.0 Å². The number of nitrogens with zero attached hydrogens (tertiary/aromatic N) is 1. The molecule has 0 aliphatic carbocycles. The van der Waals surface area contributed by atoms with E-state index in [0.717, 1.165) is 11.3 Å². The van der Waals surface area contributed by atoms with Crippen LogP contribution in [0.3, 0.4) is 0 Å². The van der Waals surface area contributed by atoms with Crippen LogP contribution in [-0.2, 0) is 0 Å². The molecule has 0 radical (unpaired) electrons. The van der Waals surface area contributed by atoms with Gasteiger partial charge in [0, 0.05) is 6.07 Å². The van der Waals surface area contributed by atoms with Crippen molar-refractivity contribution >= 4 is 39.0 Å². The van der Waals surface area contributed by atoms with Crippen LogP contribution in [-0.4, -0.2) is 6.48 Å².